The number of hydrazine groups is 1. The van der Waals surface area contributed by atoms with Gasteiger partial charge in [-0.05, 0) is 31.1 Å². The lowest BCUT2D eigenvalue weighted by molar-refractivity contribution is 0.130. The standard InChI is InChI=1S/C15H22N6O/c1-2-5-14-19-15-12(6-3-10-21(15)16)18-8-7-13(15)20(14)9-4-11-22-17/h3,6-8,10H,2,4-5,9,11,16-17H2,1H3. The average Bonchev–Trinajstić information content (AvgIpc) is 2.83. The third kappa shape index (κ3) is 2.18. The van der Waals surface area contributed by atoms with Gasteiger partial charge in [0, 0.05) is 25.4 Å². The average molecular weight is 302 g/mol. The first-order valence-electron chi connectivity index (χ1n) is 7.59. The Morgan fingerprint density at radius 2 is 2.23 bits per heavy atom. The molecule has 3 rings (SSSR count). The molecule has 118 valence electrons. The Balaban J connectivity index is 1.98. The van der Waals surface area contributed by atoms with Gasteiger partial charge in [-0.1, -0.05) is 6.92 Å². The highest BCUT2D eigenvalue weighted by atomic mass is 16.6. The number of rotatable bonds is 6. The van der Waals surface area contributed by atoms with Crippen molar-refractivity contribution in [1.29, 1.82) is 0 Å². The van der Waals surface area contributed by atoms with Crippen molar-refractivity contribution in [2.45, 2.75) is 31.8 Å². The molecular formula is C15H22N6O. The summed E-state index contributed by atoms with van der Waals surface area (Å²) in [5, 5.41) is 1.64. The number of nitrogens with zero attached hydrogens (tertiary/aromatic N) is 4. The van der Waals surface area contributed by atoms with Crippen LogP contribution in [0.25, 0.3) is 0 Å². The van der Waals surface area contributed by atoms with Crippen LogP contribution >= 0.6 is 0 Å². The summed E-state index contributed by atoms with van der Waals surface area (Å²) in [4.78, 5) is 16.3. The molecule has 7 heteroatoms. The summed E-state index contributed by atoms with van der Waals surface area (Å²) in [7, 11) is 0. The van der Waals surface area contributed by atoms with E-state index in [2.05, 4.69) is 21.7 Å². The Morgan fingerprint density at radius 1 is 1.36 bits per heavy atom. The summed E-state index contributed by atoms with van der Waals surface area (Å²) in [5.41, 5.74) is 1.17. The van der Waals surface area contributed by atoms with Crippen LogP contribution in [0.4, 0.5) is 0 Å². The van der Waals surface area contributed by atoms with Crippen molar-refractivity contribution in [2.24, 2.45) is 21.7 Å². The SMILES string of the molecule is CCCC1=NC23C(=CC=CN2N)N=CC=C3N1CCCON. The number of dihydropyridines is 1. The minimum absolute atomic E-state index is 0.513. The van der Waals surface area contributed by atoms with E-state index in [1.165, 1.54) is 0 Å². The van der Waals surface area contributed by atoms with Crippen molar-refractivity contribution in [3.63, 3.8) is 0 Å². The molecule has 0 aromatic carbocycles. The van der Waals surface area contributed by atoms with Crippen LogP contribution in [-0.2, 0) is 4.84 Å². The molecule has 1 atom stereocenters. The van der Waals surface area contributed by atoms with Gasteiger partial charge in [0.25, 0.3) is 0 Å². The van der Waals surface area contributed by atoms with Crippen LogP contribution in [0.3, 0.4) is 0 Å². The monoisotopic (exact) mass is 302 g/mol. The summed E-state index contributed by atoms with van der Waals surface area (Å²) < 4.78 is 0. The number of aliphatic imine (C=N–C) groups is 2. The highest BCUT2D eigenvalue weighted by Crippen LogP contribution is 2.44. The summed E-state index contributed by atoms with van der Waals surface area (Å²) in [6, 6.07) is 0. The molecule has 7 nitrogen and oxygen atoms in total. The van der Waals surface area contributed by atoms with Gasteiger partial charge >= 0.3 is 0 Å². The zero-order chi connectivity index (χ0) is 15.6. The predicted octanol–water partition coefficient (Wildman–Crippen LogP) is 1.03. The Labute approximate surface area is 130 Å². The Hall–Kier alpha value is -1.96. The first-order chi connectivity index (χ1) is 10.7. The van der Waals surface area contributed by atoms with Crippen molar-refractivity contribution in [2.75, 3.05) is 13.2 Å². The number of allylic oxidation sites excluding steroid dienone is 3. The lowest BCUT2D eigenvalue weighted by Crippen LogP contribution is -2.53. The van der Waals surface area contributed by atoms with Crippen LogP contribution in [0.2, 0.25) is 0 Å². The largest absolute Gasteiger partial charge is 0.329 e. The molecule has 1 unspecified atom stereocenters. The Bertz CT molecular complexity index is 591. The summed E-state index contributed by atoms with van der Waals surface area (Å²) in [5.74, 6) is 12.4. The number of hydrogen-bond donors (Lipinski definition) is 2. The molecule has 0 amide bonds. The second-order valence-corrected chi connectivity index (χ2v) is 5.46. The number of hydrogen-bond acceptors (Lipinski definition) is 7. The molecule has 4 N–H and O–H groups in total. The third-order valence-electron chi connectivity index (χ3n) is 4.05. The molecule has 0 aliphatic carbocycles. The van der Waals surface area contributed by atoms with Crippen molar-refractivity contribution in [3.05, 3.63) is 35.8 Å². The predicted molar refractivity (Wildman–Crippen MR) is 86.4 cm³/mol. The fourth-order valence-corrected chi connectivity index (χ4v) is 3.09. The van der Waals surface area contributed by atoms with Crippen molar-refractivity contribution in [3.8, 4) is 0 Å². The van der Waals surface area contributed by atoms with Gasteiger partial charge < -0.3 is 9.74 Å². The molecule has 0 saturated carbocycles. The maximum atomic E-state index is 6.25. The lowest BCUT2D eigenvalue weighted by Gasteiger charge is -2.40. The van der Waals surface area contributed by atoms with Crippen LogP contribution in [0.15, 0.2) is 45.8 Å². The Kier molecular flexibility index (Phi) is 4.10. The summed E-state index contributed by atoms with van der Waals surface area (Å²) in [6.07, 6.45) is 12.2. The topological polar surface area (TPSA) is 92.5 Å². The first-order valence-corrected chi connectivity index (χ1v) is 7.59. The summed E-state index contributed by atoms with van der Waals surface area (Å²) >= 11 is 0. The molecule has 0 aromatic rings. The molecule has 0 bridgehead atoms. The second-order valence-electron chi connectivity index (χ2n) is 5.46. The van der Waals surface area contributed by atoms with E-state index in [-0.39, 0.29) is 0 Å². The molecule has 22 heavy (non-hydrogen) atoms. The van der Waals surface area contributed by atoms with Crippen LogP contribution in [0, 0.1) is 0 Å². The van der Waals surface area contributed by atoms with Crippen molar-refractivity contribution >= 4 is 12.1 Å². The van der Waals surface area contributed by atoms with E-state index in [9.17, 15) is 0 Å². The fourth-order valence-electron chi connectivity index (χ4n) is 3.09. The number of nitrogens with two attached hydrogens (primary N) is 2. The van der Waals surface area contributed by atoms with Gasteiger partial charge in [0.2, 0.25) is 5.66 Å². The molecule has 0 saturated heterocycles. The lowest BCUT2D eigenvalue weighted by atomic mass is 9.97. The van der Waals surface area contributed by atoms with E-state index in [0.717, 1.165) is 43.0 Å². The fraction of sp³-hybridized carbons (Fsp3) is 0.467. The van der Waals surface area contributed by atoms with E-state index in [4.69, 9.17) is 16.7 Å². The Morgan fingerprint density at radius 3 is 3.00 bits per heavy atom. The molecule has 0 aromatic heterocycles. The van der Waals surface area contributed by atoms with Crippen LogP contribution in [0.5, 0.6) is 0 Å². The van der Waals surface area contributed by atoms with Gasteiger partial charge in [0.05, 0.1) is 18.0 Å². The first kappa shape index (κ1) is 15.0. The number of amidine groups is 1. The van der Waals surface area contributed by atoms with Crippen LogP contribution < -0.4 is 11.7 Å². The zero-order valence-corrected chi connectivity index (χ0v) is 12.8. The van der Waals surface area contributed by atoms with Crippen LogP contribution in [0.1, 0.15) is 26.2 Å². The quantitative estimate of drug-likeness (QED) is 0.434. The van der Waals surface area contributed by atoms with Gasteiger partial charge in [0.15, 0.2) is 0 Å². The third-order valence-corrected chi connectivity index (χ3v) is 4.05. The van der Waals surface area contributed by atoms with Crippen molar-refractivity contribution in [1.82, 2.24) is 9.91 Å². The molecule has 3 aliphatic rings. The molecule has 0 fully saturated rings. The smallest absolute Gasteiger partial charge is 0.230 e. The summed E-state index contributed by atoms with van der Waals surface area (Å²) in [6.45, 7) is 3.45. The molecule has 3 heterocycles. The molecule has 3 aliphatic heterocycles. The van der Waals surface area contributed by atoms with E-state index in [1.807, 2.05) is 30.6 Å². The van der Waals surface area contributed by atoms with Crippen LogP contribution in [-0.4, -0.2) is 40.8 Å². The van der Waals surface area contributed by atoms with Gasteiger partial charge in [-0.25, -0.2) is 16.7 Å². The molecular weight excluding hydrogens is 280 g/mol. The normalized spacial score (nSPS) is 25.7. The highest BCUT2D eigenvalue weighted by Gasteiger charge is 2.51. The maximum Gasteiger partial charge on any atom is 0.230 e. The second kappa shape index (κ2) is 6.04. The van der Waals surface area contributed by atoms with E-state index in [0.29, 0.717) is 6.61 Å². The highest BCUT2D eigenvalue weighted by molar-refractivity contribution is 5.91. The zero-order valence-electron chi connectivity index (χ0n) is 12.8. The molecule has 0 radical (unpaired) electrons. The maximum absolute atomic E-state index is 6.25. The van der Waals surface area contributed by atoms with Gasteiger partial charge in [-0.15, -0.1) is 0 Å². The van der Waals surface area contributed by atoms with Gasteiger partial charge in [-0.2, -0.15) is 0 Å². The minimum atomic E-state index is -0.725. The van der Waals surface area contributed by atoms with E-state index < -0.39 is 5.66 Å². The molecule has 1 spiro atoms. The van der Waals surface area contributed by atoms with Gasteiger partial charge in [0.1, 0.15) is 5.84 Å². The van der Waals surface area contributed by atoms with Crippen molar-refractivity contribution < 1.29 is 4.84 Å². The van der Waals surface area contributed by atoms with E-state index in [1.54, 1.807) is 5.01 Å². The van der Waals surface area contributed by atoms with Gasteiger partial charge in [-0.3, -0.25) is 10.0 Å². The van der Waals surface area contributed by atoms with E-state index >= 15 is 0 Å². The minimum Gasteiger partial charge on any atom is -0.329 e.